The van der Waals surface area contributed by atoms with E-state index in [1.165, 1.54) is 18.2 Å². The molecule has 2 aromatic carbocycles. The SMILES string of the molecule is C#CCOc1c(I)cc(/C=C2\C(=O)NC(=O)N(c3ccc(Cl)cc3)C2=O)cc1I. The fourth-order valence-corrected chi connectivity index (χ4v) is 4.82. The molecule has 29 heavy (non-hydrogen) atoms. The first kappa shape index (κ1) is 21.6. The first-order chi connectivity index (χ1) is 13.8. The summed E-state index contributed by atoms with van der Waals surface area (Å²) in [7, 11) is 0. The first-order valence-electron chi connectivity index (χ1n) is 8.04. The molecule has 0 atom stereocenters. The number of hydrogen-bond donors (Lipinski definition) is 1. The van der Waals surface area contributed by atoms with Gasteiger partial charge in [0.2, 0.25) is 0 Å². The highest BCUT2D eigenvalue weighted by atomic mass is 127. The Labute approximate surface area is 198 Å². The van der Waals surface area contributed by atoms with E-state index in [2.05, 4.69) is 56.4 Å². The molecular weight excluding hydrogens is 621 g/mol. The number of hydrogen-bond acceptors (Lipinski definition) is 4. The number of halogens is 3. The van der Waals surface area contributed by atoms with E-state index in [9.17, 15) is 14.4 Å². The fourth-order valence-electron chi connectivity index (χ4n) is 2.56. The highest BCUT2D eigenvalue weighted by Crippen LogP contribution is 2.30. The molecule has 0 saturated carbocycles. The average molecular weight is 633 g/mol. The van der Waals surface area contributed by atoms with Gasteiger partial charge >= 0.3 is 6.03 Å². The minimum atomic E-state index is -0.818. The molecule has 1 saturated heterocycles. The van der Waals surface area contributed by atoms with Crippen molar-refractivity contribution in [2.75, 3.05) is 11.5 Å². The molecule has 146 valence electrons. The van der Waals surface area contributed by atoms with Crippen molar-refractivity contribution >= 4 is 86.4 Å². The maximum absolute atomic E-state index is 12.9. The second-order valence-corrected chi connectivity index (χ2v) is 8.50. The second-order valence-electron chi connectivity index (χ2n) is 5.74. The summed E-state index contributed by atoms with van der Waals surface area (Å²) in [5, 5.41) is 2.65. The van der Waals surface area contributed by atoms with E-state index in [1.54, 1.807) is 24.3 Å². The Hall–Kier alpha value is -2.10. The van der Waals surface area contributed by atoms with Crippen molar-refractivity contribution in [1.29, 1.82) is 0 Å². The molecule has 1 heterocycles. The van der Waals surface area contributed by atoms with Crippen molar-refractivity contribution in [3.8, 4) is 18.1 Å². The van der Waals surface area contributed by atoms with Crippen LogP contribution in [0.15, 0.2) is 42.0 Å². The Bertz CT molecular complexity index is 1070. The van der Waals surface area contributed by atoms with Crippen molar-refractivity contribution in [2.24, 2.45) is 0 Å². The van der Waals surface area contributed by atoms with Gasteiger partial charge in [-0.15, -0.1) is 6.42 Å². The minimum Gasteiger partial charge on any atom is -0.479 e. The molecule has 0 aliphatic carbocycles. The van der Waals surface area contributed by atoms with Gasteiger partial charge in [0, 0.05) is 5.02 Å². The van der Waals surface area contributed by atoms with Crippen LogP contribution in [0.1, 0.15) is 5.56 Å². The lowest BCUT2D eigenvalue weighted by atomic mass is 10.1. The van der Waals surface area contributed by atoms with Crippen LogP contribution in [-0.4, -0.2) is 24.5 Å². The molecule has 1 N–H and O–H groups in total. The van der Waals surface area contributed by atoms with Gasteiger partial charge in [-0.25, -0.2) is 9.69 Å². The number of carbonyl (C=O) groups excluding carboxylic acids is 3. The molecule has 0 radical (unpaired) electrons. The van der Waals surface area contributed by atoms with Crippen LogP contribution < -0.4 is 15.0 Å². The van der Waals surface area contributed by atoms with E-state index in [0.717, 1.165) is 12.0 Å². The van der Waals surface area contributed by atoms with Crippen LogP contribution in [0.5, 0.6) is 5.75 Å². The number of carbonyl (C=O) groups is 3. The van der Waals surface area contributed by atoms with Crippen LogP contribution in [0.25, 0.3) is 6.08 Å². The van der Waals surface area contributed by atoms with Gasteiger partial charge in [0.1, 0.15) is 17.9 Å². The molecular formula is C20H11ClI2N2O4. The number of ether oxygens (including phenoxy) is 1. The van der Waals surface area contributed by atoms with Gasteiger partial charge in [-0.05, 0) is 93.2 Å². The summed E-state index contributed by atoms with van der Waals surface area (Å²) < 4.78 is 7.06. The molecule has 9 heteroatoms. The topological polar surface area (TPSA) is 75.7 Å². The van der Waals surface area contributed by atoms with Gasteiger partial charge < -0.3 is 4.74 Å². The number of urea groups is 1. The van der Waals surface area contributed by atoms with E-state index in [-0.39, 0.29) is 12.2 Å². The number of anilines is 1. The highest BCUT2D eigenvalue weighted by Gasteiger charge is 2.36. The number of amides is 4. The van der Waals surface area contributed by atoms with Gasteiger partial charge in [-0.3, -0.25) is 14.9 Å². The van der Waals surface area contributed by atoms with Crippen LogP contribution in [0.3, 0.4) is 0 Å². The summed E-state index contributed by atoms with van der Waals surface area (Å²) in [4.78, 5) is 38.3. The van der Waals surface area contributed by atoms with Crippen molar-refractivity contribution < 1.29 is 19.1 Å². The van der Waals surface area contributed by atoms with Crippen molar-refractivity contribution in [2.45, 2.75) is 0 Å². The highest BCUT2D eigenvalue weighted by molar-refractivity contribution is 14.1. The predicted molar refractivity (Wildman–Crippen MR) is 127 cm³/mol. The van der Waals surface area contributed by atoms with Crippen LogP contribution >= 0.6 is 56.8 Å². The van der Waals surface area contributed by atoms with E-state index in [0.29, 0.717) is 22.0 Å². The van der Waals surface area contributed by atoms with Gasteiger partial charge in [0.05, 0.1) is 12.8 Å². The maximum atomic E-state index is 12.9. The number of benzene rings is 2. The third-order valence-corrected chi connectivity index (χ3v) is 5.67. The standard InChI is InChI=1S/C20H11ClI2N2O4/c1-2-7-29-17-15(22)9-11(10-16(17)23)8-14-18(26)24-20(28)25(19(14)27)13-5-3-12(21)4-6-13/h1,3-6,8-10H,7H2,(H,24,26,28)/b14-8+. The molecule has 0 unspecified atom stereocenters. The van der Waals surface area contributed by atoms with E-state index < -0.39 is 17.8 Å². The van der Waals surface area contributed by atoms with Crippen molar-refractivity contribution in [1.82, 2.24) is 5.32 Å². The Morgan fingerprint density at radius 2 is 1.76 bits per heavy atom. The summed E-state index contributed by atoms with van der Waals surface area (Å²) in [6.45, 7) is 0.130. The lowest BCUT2D eigenvalue weighted by Gasteiger charge is -2.26. The summed E-state index contributed by atoms with van der Waals surface area (Å²) >= 11 is 10.0. The molecule has 0 aromatic heterocycles. The van der Waals surface area contributed by atoms with Gasteiger partial charge in [0.25, 0.3) is 11.8 Å². The van der Waals surface area contributed by atoms with E-state index in [4.69, 9.17) is 22.8 Å². The minimum absolute atomic E-state index is 0.130. The number of nitrogens with zero attached hydrogens (tertiary/aromatic N) is 1. The fraction of sp³-hybridized carbons (Fsp3) is 0.0500. The first-order valence-corrected chi connectivity index (χ1v) is 10.6. The summed E-state index contributed by atoms with van der Waals surface area (Å²) in [5.74, 6) is 1.55. The average Bonchev–Trinajstić information content (AvgIpc) is 2.66. The second kappa shape index (κ2) is 9.15. The third kappa shape index (κ3) is 4.73. The Kier molecular flexibility index (Phi) is 6.81. The quantitative estimate of drug-likeness (QED) is 0.237. The van der Waals surface area contributed by atoms with Crippen LogP contribution in [-0.2, 0) is 9.59 Å². The Morgan fingerprint density at radius 3 is 2.34 bits per heavy atom. The van der Waals surface area contributed by atoms with Crippen molar-refractivity contribution in [3.63, 3.8) is 0 Å². The third-order valence-electron chi connectivity index (χ3n) is 3.82. The van der Waals surface area contributed by atoms with Gasteiger partial charge in [0.15, 0.2) is 0 Å². The van der Waals surface area contributed by atoms with Crippen LogP contribution in [0, 0.1) is 19.5 Å². The predicted octanol–water partition coefficient (Wildman–Crippen LogP) is 4.23. The number of rotatable bonds is 4. The lowest BCUT2D eigenvalue weighted by molar-refractivity contribution is -0.122. The van der Waals surface area contributed by atoms with E-state index in [1.807, 2.05) is 0 Å². The molecule has 1 aliphatic heterocycles. The molecule has 1 aliphatic rings. The zero-order chi connectivity index (χ0) is 21.1. The largest absolute Gasteiger partial charge is 0.479 e. The van der Waals surface area contributed by atoms with Gasteiger partial charge in [-0.2, -0.15) is 0 Å². The summed E-state index contributed by atoms with van der Waals surface area (Å²) in [5.41, 5.74) is 0.747. The summed E-state index contributed by atoms with van der Waals surface area (Å²) in [6.07, 6.45) is 6.66. The molecule has 0 spiro atoms. The number of nitrogens with one attached hydrogen (secondary N) is 1. The number of barbiturate groups is 1. The number of terminal acetylenes is 1. The summed E-state index contributed by atoms with van der Waals surface area (Å²) in [6, 6.07) is 8.85. The normalized spacial score (nSPS) is 15.3. The van der Waals surface area contributed by atoms with Crippen molar-refractivity contribution in [3.05, 3.63) is 59.7 Å². The van der Waals surface area contributed by atoms with Gasteiger partial charge in [-0.1, -0.05) is 17.5 Å². The zero-order valence-electron chi connectivity index (χ0n) is 14.5. The Balaban J connectivity index is 1.98. The molecule has 1 fully saturated rings. The maximum Gasteiger partial charge on any atom is 0.335 e. The van der Waals surface area contributed by atoms with E-state index >= 15 is 0 Å². The monoisotopic (exact) mass is 632 g/mol. The molecule has 6 nitrogen and oxygen atoms in total. The van der Waals surface area contributed by atoms with Crippen LogP contribution in [0.4, 0.5) is 10.5 Å². The van der Waals surface area contributed by atoms with Crippen LogP contribution in [0.2, 0.25) is 5.02 Å². The Morgan fingerprint density at radius 1 is 1.14 bits per heavy atom. The lowest BCUT2D eigenvalue weighted by Crippen LogP contribution is -2.54. The molecule has 3 rings (SSSR count). The molecule has 4 amide bonds. The zero-order valence-corrected chi connectivity index (χ0v) is 19.6. The molecule has 2 aromatic rings. The smallest absolute Gasteiger partial charge is 0.335 e. The number of imide groups is 2. The molecule has 0 bridgehead atoms.